The Hall–Kier alpha value is -3.84. The number of esters is 1. The number of hydrogen-bond acceptors (Lipinski definition) is 6. The Kier molecular flexibility index (Phi) is 8.80. The van der Waals surface area contributed by atoms with Crippen molar-refractivity contribution in [2.45, 2.75) is 49.6 Å². The molecule has 1 N–H and O–H groups in total. The van der Waals surface area contributed by atoms with Crippen LogP contribution in [0.15, 0.2) is 91.0 Å². The van der Waals surface area contributed by atoms with Crippen LogP contribution < -0.4 is 4.90 Å². The number of para-hydroxylation sites is 3. The first-order chi connectivity index (χ1) is 21.1. The second-order valence-electron chi connectivity index (χ2n) is 11.7. The van der Waals surface area contributed by atoms with Gasteiger partial charge in [-0.15, -0.1) is 0 Å². The molecule has 4 fully saturated rings. The van der Waals surface area contributed by atoms with Gasteiger partial charge in [0.25, 0.3) is 6.10 Å². The van der Waals surface area contributed by atoms with Gasteiger partial charge in [0.15, 0.2) is 0 Å². The maximum absolute atomic E-state index is 13.6. The smallest absolute Gasteiger partial charge is 0.432 e. The number of ketones is 1. The molecule has 0 heterocycles. The van der Waals surface area contributed by atoms with Gasteiger partial charge in [-0.3, -0.25) is 14.1 Å². The van der Waals surface area contributed by atoms with E-state index in [2.05, 4.69) is 82.4 Å². The third-order valence-corrected chi connectivity index (χ3v) is 9.54. The van der Waals surface area contributed by atoms with Crippen LogP contribution >= 0.6 is 0 Å². The molecule has 3 aromatic carbocycles. The molecule has 0 spiro atoms. The third kappa shape index (κ3) is 6.60. The summed E-state index contributed by atoms with van der Waals surface area (Å²) in [6.45, 7) is 0. The van der Waals surface area contributed by atoms with E-state index in [9.17, 15) is 40.0 Å². The van der Waals surface area contributed by atoms with Crippen LogP contribution in [-0.4, -0.2) is 42.3 Å². The molecule has 0 aliphatic heterocycles. The summed E-state index contributed by atoms with van der Waals surface area (Å²) in [6, 6.07) is 31.3. The largest absolute Gasteiger partial charge is 0.444 e. The zero-order chi connectivity index (χ0) is 32.6. The van der Waals surface area contributed by atoms with E-state index in [-0.39, 0.29) is 31.0 Å². The minimum atomic E-state index is -6.48. The number of Topliss-reactive ketones (excluding diaryl/α,β-unsaturated/α-hetero) is 1. The summed E-state index contributed by atoms with van der Waals surface area (Å²) < 4.78 is 99.8. The van der Waals surface area contributed by atoms with Crippen molar-refractivity contribution in [3.63, 3.8) is 0 Å². The SMILES string of the molecule is O=C1C2CC3CC1CC(C(=O)OC(C(F)(F)F)C(F)(F)S(=O)(=O)O)(C3)C2.c1ccc(N(c2ccccc2)c2ccccc2)cc1. The Bertz CT molecular complexity index is 1510. The van der Waals surface area contributed by atoms with Crippen LogP contribution in [0.25, 0.3) is 0 Å². The van der Waals surface area contributed by atoms with E-state index >= 15 is 0 Å². The topological polar surface area (TPSA) is 101 Å². The lowest BCUT2D eigenvalue weighted by molar-refractivity contribution is -0.265. The van der Waals surface area contributed by atoms with Gasteiger partial charge in [0.1, 0.15) is 5.78 Å². The zero-order valence-corrected chi connectivity index (χ0v) is 24.6. The van der Waals surface area contributed by atoms with Gasteiger partial charge in [-0.05, 0) is 74.4 Å². The van der Waals surface area contributed by atoms with E-state index in [4.69, 9.17) is 4.55 Å². The van der Waals surface area contributed by atoms with Crippen LogP contribution in [-0.2, 0) is 24.4 Å². The van der Waals surface area contributed by atoms with Crippen LogP contribution in [0.3, 0.4) is 0 Å². The van der Waals surface area contributed by atoms with Crippen molar-refractivity contribution in [1.82, 2.24) is 0 Å². The molecule has 3 atom stereocenters. The van der Waals surface area contributed by atoms with Gasteiger partial charge in [0.05, 0.1) is 5.41 Å². The molecule has 0 saturated heterocycles. The Labute approximate surface area is 256 Å². The lowest BCUT2D eigenvalue weighted by Crippen LogP contribution is -2.58. The maximum atomic E-state index is 13.6. The number of carbonyl (C=O) groups is 2. The molecule has 4 bridgehead atoms. The molecular weight excluding hydrogens is 621 g/mol. The Morgan fingerprint density at radius 1 is 0.778 bits per heavy atom. The van der Waals surface area contributed by atoms with E-state index < -0.39 is 50.9 Å². The zero-order valence-electron chi connectivity index (χ0n) is 23.7. The van der Waals surface area contributed by atoms with Crippen LogP contribution in [0.2, 0.25) is 0 Å². The van der Waals surface area contributed by atoms with Crippen molar-refractivity contribution < 1.29 is 49.2 Å². The third-order valence-electron chi connectivity index (χ3n) is 8.64. The molecule has 0 amide bonds. The van der Waals surface area contributed by atoms with Crippen molar-refractivity contribution in [3.8, 4) is 0 Å². The minimum absolute atomic E-state index is 0.0833. The number of hydrogen-bond donors (Lipinski definition) is 1. The van der Waals surface area contributed by atoms with Gasteiger partial charge < -0.3 is 9.64 Å². The molecule has 0 radical (unpaired) electrons. The van der Waals surface area contributed by atoms with Gasteiger partial charge in [0, 0.05) is 28.9 Å². The number of ether oxygens (including phenoxy) is 1. The molecule has 240 valence electrons. The molecule has 7 nitrogen and oxygen atoms in total. The fourth-order valence-corrected chi connectivity index (χ4v) is 7.32. The molecule has 4 saturated carbocycles. The fourth-order valence-electron chi connectivity index (χ4n) is 6.87. The van der Waals surface area contributed by atoms with Gasteiger partial charge in [0.2, 0.25) is 0 Å². The van der Waals surface area contributed by atoms with Gasteiger partial charge in [-0.2, -0.15) is 30.4 Å². The van der Waals surface area contributed by atoms with Gasteiger partial charge in [-0.1, -0.05) is 54.6 Å². The van der Waals surface area contributed by atoms with E-state index in [1.807, 2.05) is 18.2 Å². The normalized spacial score (nSPS) is 24.8. The van der Waals surface area contributed by atoms with Crippen molar-refractivity contribution >= 4 is 38.9 Å². The number of alkyl halides is 5. The Balaban J connectivity index is 0.000000186. The van der Waals surface area contributed by atoms with Crippen LogP contribution in [0.1, 0.15) is 32.1 Å². The Morgan fingerprint density at radius 2 is 1.18 bits per heavy atom. The maximum Gasteiger partial charge on any atom is 0.432 e. The van der Waals surface area contributed by atoms with Gasteiger partial charge >= 0.3 is 27.5 Å². The van der Waals surface area contributed by atoms with Crippen LogP contribution in [0, 0.1) is 23.2 Å². The number of carbonyl (C=O) groups excluding carboxylic acids is 2. The average molecular weight is 652 g/mol. The standard InChI is InChI=1S/C18H15N.C14H15F5O6S/c1-4-10-16(11-5-1)19(17-12-6-2-7-13-17)18-14-8-3-9-15-18;15-13(16,17)10(14(18,19)26(22,23)24)25-11(21)12-3-6-1-7(4-12)9(20)8(2-6)5-12/h1-15H;6-8,10H,1-5H2,(H,22,23,24). The lowest BCUT2D eigenvalue weighted by Gasteiger charge is -2.54. The second-order valence-corrected chi connectivity index (χ2v) is 13.2. The monoisotopic (exact) mass is 651 g/mol. The van der Waals surface area contributed by atoms with Crippen LogP contribution in [0.5, 0.6) is 0 Å². The fraction of sp³-hybridized carbons (Fsp3) is 0.375. The van der Waals surface area contributed by atoms with E-state index in [1.54, 1.807) is 0 Å². The summed E-state index contributed by atoms with van der Waals surface area (Å²) in [4.78, 5) is 26.7. The van der Waals surface area contributed by atoms with Crippen molar-refractivity contribution in [2.24, 2.45) is 23.2 Å². The number of nitrogens with zero attached hydrogens (tertiary/aromatic N) is 1. The summed E-state index contributed by atoms with van der Waals surface area (Å²) in [7, 11) is -6.48. The molecule has 0 aromatic heterocycles. The number of rotatable bonds is 7. The van der Waals surface area contributed by atoms with E-state index in [0.29, 0.717) is 12.8 Å². The first-order valence-corrected chi connectivity index (χ1v) is 15.7. The molecule has 3 unspecified atom stereocenters. The van der Waals surface area contributed by atoms with Crippen molar-refractivity contribution in [3.05, 3.63) is 91.0 Å². The molecular formula is C32H30F5NO6S. The lowest BCUT2D eigenvalue weighted by atomic mass is 9.49. The van der Waals surface area contributed by atoms with Crippen LogP contribution in [0.4, 0.5) is 39.0 Å². The Morgan fingerprint density at radius 3 is 1.53 bits per heavy atom. The summed E-state index contributed by atoms with van der Waals surface area (Å²) in [5.74, 6) is -2.83. The summed E-state index contributed by atoms with van der Waals surface area (Å²) in [6.07, 6.45) is -9.36. The highest BCUT2D eigenvalue weighted by Gasteiger charge is 2.68. The van der Waals surface area contributed by atoms with E-state index in [1.165, 1.54) is 17.1 Å². The predicted molar refractivity (Wildman–Crippen MR) is 155 cm³/mol. The number of anilines is 3. The van der Waals surface area contributed by atoms with Crippen molar-refractivity contribution in [2.75, 3.05) is 4.90 Å². The van der Waals surface area contributed by atoms with E-state index in [0.717, 1.165) is 0 Å². The molecule has 7 rings (SSSR count). The number of halogens is 5. The quantitative estimate of drug-likeness (QED) is 0.161. The molecule has 4 aliphatic carbocycles. The molecule has 13 heteroatoms. The summed E-state index contributed by atoms with van der Waals surface area (Å²) >= 11 is 0. The highest BCUT2D eigenvalue weighted by atomic mass is 32.2. The highest BCUT2D eigenvalue weighted by Crippen LogP contribution is 2.59. The highest BCUT2D eigenvalue weighted by molar-refractivity contribution is 7.86. The summed E-state index contributed by atoms with van der Waals surface area (Å²) in [5.41, 5.74) is 1.99. The minimum Gasteiger partial charge on any atom is -0.444 e. The van der Waals surface area contributed by atoms with Gasteiger partial charge in [-0.25, -0.2) is 0 Å². The predicted octanol–water partition coefficient (Wildman–Crippen LogP) is 7.49. The average Bonchev–Trinajstić information content (AvgIpc) is 2.99. The summed E-state index contributed by atoms with van der Waals surface area (Å²) in [5, 5.41) is -5.75. The second kappa shape index (κ2) is 12.2. The molecule has 45 heavy (non-hydrogen) atoms. The number of benzene rings is 3. The van der Waals surface area contributed by atoms with Crippen molar-refractivity contribution in [1.29, 1.82) is 0 Å². The molecule has 3 aromatic rings. The first-order valence-electron chi connectivity index (χ1n) is 14.2. The molecule has 4 aliphatic rings. The first kappa shape index (κ1) is 32.6.